The Morgan fingerprint density at radius 3 is 2.30 bits per heavy atom. The maximum absolute atomic E-state index is 12.7. The van der Waals surface area contributed by atoms with E-state index in [1.165, 1.54) is 12.1 Å². The number of hydrogen-bond acceptors (Lipinski definition) is 2. The summed E-state index contributed by atoms with van der Waals surface area (Å²) in [7, 11) is 0. The van der Waals surface area contributed by atoms with Gasteiger partial charge in [-0.1, -0.05) is 26.0 Å². The molecule has 0 aromatic heterocycles. The van der Waals surface area contributed by atoms with Crippen molar-refractivity contribution in [3.05, 3.63) is 35.4 Å². The quantitative estimate of drug-likeness (QED) is 0.904. The number of aliphatic hydroxyl groups is 1. The number of likely N-dealkylation sites (tertiary alicyclic amines) is 1. The molecule has 0 radical (unpaired) electrons. The predicted octanol–water partition coefficient (Wildman–Crippen LogP) is 3.39. The Balaban J connectivity index is 1.81. The van der Waals surface area contributed by atoms with Crippen molar-refractivity contribution >= 4 is 5.91 Å². The Kier molecular flexibility index (Phi) is 3.71. The van der Waals surface area contributed by atoms with E-state index >= 15 is 0 Å². The molecule has 3 nitrogen and oxygen atoms in total. The summed E-state index contributed by atoms with van der Waals surface area (Å²) in [4.78, 5) is 14.2. The van der Waals surface area contributed by atoms with Crippen molar-refractivity contribution < 1.29 is 23.1 Å². The van der Waals surface area contributed by atoms with Crippen LogP contribution in [0, 0.1) is 11.3 Å². The normalized spacial score (nSPS) is 29.7. The van der Waals surface area contributed by atoms with E-state index < -0.39 is 17.8 Å². The molecule has 1 aromatic rings. The highest BCUT2D eigenvalue weighted by molar-refractivity contribution is 5.83. The van der Waals surface area contributed by atoms with Crippen LogP contribution in [0.5, 0.6) is 0 Å². The number of carbonyl (C=O) groups excluding carboxylic acids is 1. The minimum Gasteiger partial charge on any atom is -0.391 e. The molecule has 2 fully saturated rings. The van der Waals surface area contributed by atoms with E-state index in [1.807, 2.05) is 13.8 Å². The van der Waals surface area contributed by atoms with Gasteiger partial charge in [-0.25, -0.2) is 0 Å². The van der Waals surface area contributed by atoms with Gasteiger partial charge in [0.2, 0.25) is 5.91 Å². The summed E-state index contributed by atoms with van der Waals surface area (Å²) < 4.78 is 38.0. The number of benzene rings is 1. The molecule has 2 aliphatic rings. The van der Waals surface area contributed by atoms with E-state index in [4.69, 9.17) is 0 Å². The molecular formula is C17H20F3NO2. The zero-order valence-corrected chi connectivity index (χ0v) is 13.1. The van der Waals surface area contributed by atoms with Gasteiger partial charge < -0.3 is 10.0 Å². The molecule has 1 aliphatic heterocycles. The number of amides is 1. The second-order valence-corrected chi connectivity index (χ2v) is 7.26. The summed E-state index contributed by atoms with van der Waals surface area (Å²) in [6.45, 7) is 4.29. The van der Waals surface area contributed by atoms with Crippen LogP contribution in [0.4, 0.5) is 13.2 Å². The highest BCUT2D eigenvalue weighted by atomic mass is 19.4. The fraction of sp³-hybridized carbons (Fsp3) is 0.588. The van der Waals surface area contributed by atoms with E-state index in [2.05, 4.69) is 0 Å². The topological polar surface area (TPSA) is 40.5 Å². The fourth-order valence-corrected chi connectivity index (χ4v) is 3.36. The van der Waals surface area contributed by atoms with Crippen LogP contribution < -0.4 is 0 Å². The van der Waals surface area contributed by atoms with Gasteiger partial charge in [-0.3, -0.25) is 4.79 Å². The molecule has 2 unspecified atom stereocenters. The smallest absolute Gasteiger partial charge is 0.391 e. The number of alkyl halides is 3. The first-order valence-electron chi connectivity index (χ1n) is 7.75. The minimum atomic E-state index is -4.37. The first kappa shape index (κ1) is 16.3. The standard InChI is InChI=1S/C17H20F3NO2/c1-16(2)8-13(16)15(23)21-9-12(22)7-14(21)10-3-5-11(6-4-10)17(18,19)20/h3-6,12-14,22H,7-9H2,1-2H3/t12?,13-,14?/m1/s1. The number of carbonyl (C=O) groups is 1. The molecule has 1 saturated carbocycles. The highest BCUT2D eigenvalue weighted by Gasteiger charge is 2.53. The van der Waals surface area contributed by atoms with Crippen molar-refractivity contribution in [3.8, 4) is 0 Å². The molecule has 0 bridgehead atoms. The highest BCUT2D eigenvalue weighted by Crippen LogP contribution is 2.53. The Morgan fingerprint density at radius 2 is 1.83 bits per heavy atom. The monoisotopic (exact) mass is 327 g/mol. The lowest BCUT2D eigenvalue weighted by Crippen LogP contribution is -2.34. The van der Waals surface area contributed by atoms with Gasteiger partial charge in [0.25, 0.3) is 0 Å². The zero-order valence-electron chi connectivity index (χ0n) is 13.1. The molecular weight excluding hydrogens is 307 g/mol. The van der Waals surface area contributed by atoms with Crippen LogP contribution in [0.2, 0.25) is 0 Å². The Morgan fingerprint density at radius 1 is 1.26 bits per heavy atom. The first-order valence-corrected chi connectivity index (χ1v) is 7.75. The average molecular weight is 327 g/mol. The van der Waals surface area contributed by atoms with E-state index in [1.54, 1.807) is 4.90 Å². The Hall–Kier alpha value is -1.56. The minimum absolute atomic E-state index is 0.00329. The van der Waals surface area contributed by atoms with Gasteiger partial charge >= 0.3 is 6.18 Å². The second-order valence-electron chi connectivity index (χ2n) is 7.26. The number of nitrogens with zero attached hydrogens (tertiary/aromatic N) is 1. The van der Waals surface area contributed by atoms with Gasteiger partial charge in [-0.15, -0.1) is 0 Å². The Labute approximate surface area is 133 Å². The van der Waals surface area contributed by atoms with Crippen LogP contribution in [0.1, 0.15) is 43.9 Å². The molecule has 1 heterocycles. The summed E-state index contributed by atoms with van der Waals surface area (Å²) >= 11 is 0. The number of aliphatic hydroxyl groups excluding tert-OH is 1. The lowest BCUT2D eigenvalue weighted by Gasteiger charge is -2.26. The van der Waals surface area contributed by atoms with Gasteiger partial charge in [0.1, 0.15) is 0 Å². The Bertz CT molecular complexity index is 609. The van der Waals surface area contributed by atoms with E-state index in [9.17, 15) is 23.1 Å². The third-order valence-electron chi connectivity index (χ3n) is 5.00. The number of halogens is 3. The van der Waals surface area contributed by atoms with Gasteiger partial charge in [0.05, 0.1) is 17.7 Å². The lowest BCUT2D eigenvalue weighted by atomic mass is 10.0. The van der Waals surface area contributed by atoms with Crippen LogP contribution in [0.3, 0.4) is 0 Å². The molecule has 1 aliphatic carbocycles. The summed E-state index contributed by atoms with van der Waals surface area (Å²) in [5.41, 5.74) is -0.0858. The van der Waals surface area contributed by atoms with Crippen LogP contribution >= 0.6 is 0 Å². The van der Waals surface area contributed by atoms with Crippen molar-refractivity contribution in [2.45, 2.75) is 45.0 Å². The van der Waals surface area contributed by atoms with E-state index in [0.29, 0.717) is 12.0 Å². The number of β-amino-alcohol motifs (C(OH)–C–C–N with tert-alkyl or cyclic N) is 1. The van der Waals surface area contributed by atoms with Crippen molar-refractivity contribution in [3.63, 3.8) is 0 Å². The van der Waals surface area contributed by atoms with Gasteiger partial charge in [-0.2, -0.15) is 13.2 Å². The maximum atomic E-state index is 12.7. The van der Waals surface area contributed by atoms with Crippen molar-refractivity contribution in [2.75, 3.05) is 6.54 Å². The molecule has 1 saturated heterocycles. The van der Waals surface area contributed by atoms with Crippen LogP contribution in [-0.4, -0.2) is 28.6 Å². The molecule has 0 spiro atoms. The summed E-state index contributed by atoms with van der Waals surface area (Å²) in [6, 6.07) is 4.53. The molecule has 3 atom stereocenters. The summed E-state index contributed by atoms with van der Waals surface area (Å²) in [6.07, 6.45) is -3.82. The molecule has 3 rings (SSSR count). The first-order chi connectivity index (χ1) is 10.6. The van der Waals surface area contributed by atoms with Gasteiger partial charge in [0.15, 0.2) is 0 Å². The fourth-order valence-electron chi connectivity index (χ4n) is 3.36. The average Bonchev–Trinajstić information content (AvgIpc) is 2.91. The van der Waals surface area contributed by atoms with Crippen molar-refractivity contribution in [1.82, 2.24) is 4.90 Å². The van der Waals surface area contributed by atoms with Crippen molar-refractivity contribution in [1.29, 1.82) is 0 Å². The molecule has 126 valence electrons. The van der Waals surface area contributed by atoms with Crippen LogP contribution in [0.15, 0.2) is 24.3 Å². The summed E-state index contributed by atoms with van der Waals surface area (Å²) in [5, 5.41) is 9.92. The van der Waals surface area contributed by atoms with Crippen LogP contribution in [0.25, 0.3) is 0 Å². The SMILES string of the molecule is CC1(C)C[C@@H]1C(=O)N1CC(O)CC1c1ccc(C(F)(F)F)cc1. The maximum Gasteiger partial charge on any atom is 0.416 e. The molecule has 6 heteroatoms. The zero-order chi connectivity index (χ0) is 17.0. The molecule has 1 N–H and O–H groups in total. The van der Waals surface area contributed by atoms with E-state index in [-0.39, 0.29) is 29.8 Å². The molecule has 23 heavy (non-hydrogen) atoms. The largest absolute Gasteiger partial charge is 0.416 e. The van der Waals surface area contributed by atoms with Crippen molar-refractivity contribution in [2.24, 2.45) is 11.3 Å². The van der Waals surface area contributed by atoms with Gasteiger partial charge in [0, 0.05) is 12.5 Å². The second kappa shape index (κ2) is 5.23. The lowest BCUT2D eigenvalue weighted by molar-refractivity contribution is -0.138. The number of rotatable bonds is 2. The third-order valence-corrected chi connectivity index (χ3v) is 5.00. The number of hydrogen-bond donors (Lipinski definition) is 1. The summed E-state index contributed by atoms with van der Waals surface area (Å²) in [5.74, 6) is -0.0544. The van der Waals surface area contributed by atoms with E-state index in [0.717, 1.165) is 18.6 Å². The van der Waals surface area contributed by atoms with Gasteiger partial charge in [-0.05, 0) is 36.0 Å². The predicted molar refractivity (Wildman–Crippen MR) is 78.4 cm³/mol. The molecule has 1 amide bonds. The third kappa shape index (κ3) is 3.09. The van der Waals surface area contributed by atoms with Crippen LogP contribution in [-0.2, 0) is 11.0 Å². The molecule has 1 aromatic carbocycles.